The van der Waals surface area contributed by atoms with Crippen molar-refractivity contribution in [2.45, 2.75) is 45.1 Å². The van der Waals surface area contributed by atoms with Crippen LogP contribution in [0.1, 0.15) is 39.0 Å². The van der Waals surface area contributed by atoms with E-state index in [1.165, 1.54) is 19.3 Å². The average molecular weight is 360 g/mol. The Labute approximate surface area is 93.7 Å². The summed E-state index contributed by atoms with van der Waals surface area (Å²) in [6.07, 6.45) is 5.92. The molecule has 0 atom stereocenters. The molecule has 4 heteroatoms. The van der Waals surface area contributed by atoms with Crippen molar-refractivity contribution in [1.29, 1.82) is 0 Å². The van der Waals surface area contributed by atoms with E-state index in [0.717, 1.165) is 19.8 Å². The first kappa shape index (κ1) is 14.9. The van der Waals surface area contributed by atoms with Crippen molar-refractivity contribution in [2.75, 3.05) is 0 Å². The van der Waals surface area contributed by atoms with Crippen LogP contribution < -0.4 is 5.11 Å². The van der Waals surface area contributed by atoms with Crippen molar-refractivity contribution in [3.05, 3.63) is 0 Å². The largest absolute Gasteiger partial charge is 1.00 e. The van der Waals surface area contributed by atoms with Crippen LogP contribution in [0.5, 0.6) is 0 Å². The molecule has 0 aromatic rings. The summed E-state index contributed by atoms with van der Waals surface area (Å²) in [5, 5.41) is 17.8. The number of rotatable bonds is 0. The molecule has 0 amide bonds. The summed E-state index contributed by atoms with van der Waals surface area (Å²) < 4.78 is 0. The van der Waals surface area contributed by atoms with Crippen molar-refractivity contribution >= 4 is 5.97 Å². The summed E-state index contributed by atoms with van der Waals surface area (Å²) in [4.78, 5) is 8.89. The molecule has 67 valence electrons. The summed E-state index contributed by atoms with van der Waals surface area (Å²) in [5.74, 6) is -1.08. The molecule has 1 N–H and O–H groups in total. The molecule has 0 aromatic heterocycles. The molecule has 0 heterocycles. The molecule has 0 aromatic carbocycles. The Hall–Kier alpha value is 0.365. The molecule has 1 aliphatic rings. The molecule has 1 rings (SSSR count). The number of carbonyl (C=O) groups excluding carboxylic acids is 1. The topological polar surface area (TPSA) is 60.4 Å². The zero-order valence-corrected chi connectivity index (χ0v) is 13.1. The van der Waals surface area contributed by atoms with E-state index >= 15 is 0 Å². The van der Waals surface area contributed by atoms with E-state index in [1.54, 1.807) is 0 Å². The first-order valence-electron chi connectivity index (χ1n) is 3.98. The Morgan fingerprint density at radius 1 is 1.33 bits per heavy atom. The number of hydrogen-bond acceptors (Lipinski definition) is 3. The van der Waals surface area contributed by atoms with Crippen LogP contribution in [-0.2, 0) is 32.5 Å². The SMILES string of the molecule is CC(=O)[O-].OC1CCCCC1.[Hg+]. The minimum Gasteiger partial charge on any atom is -0.550 e. The maximum atomic E-state index is 8.91. The smallest absolute Gasteiger partial charge is 0.550 e. The summed E-state index contributed by atoms with van der Waals surface area (Å²) in [5.41, 5.74) is 0. The third kappa shape index (κ3) is 13.0. The fourth-order valence-electron chi connectivity index (χ4n) is 1.08. The Morgan fingerprint density at radius 3 is 1.83 bits per heavy atom. The van der Waals surface area contributed by atoms with Crippen LogP contribution in [0.3, 0.4) is 0 Å². The van der Waals surface area contributed by atoms with Crippen molar-refractivity contribution in [2.24, 2.45) is 0 Å². The quantitative estimate of drug-likeness (QED) is 0.622. The number of aliphatic hydroxyl groups is 1. The van der Waals surface area contributed by atoms with Crippen molar-refractivity contribution in [1.82, 2.24) is 0 Å². The molecular weight excluding hydrogens is 345 g/mol. The van der Waals surface area contributed by atoms with Gasteiger partial charge in [-0.05, 0) is 19.8 Å². The number of hydrogen-bond donors (Lipinski definition) is 1. The Morgan fingerprint density at radius 2 is 1.67 bits per heavy atom. The van der Waals surface area contributed by atoms with E-state index < -0.39 is 5.97 Å². The van der Waals surface area contributed by atoms with E-state index in [2.05, 4.69) is 0 Å². The van der Waals surface area contributed by atoms with E-state index in [4.69, 9.17) is 15.0 Å². The van der Waals surface area contributed by atoms with Gasteiger partial charge in [0.1, 0.15) is 0 Å². The van der Waals surface area contributed by atoms with Gasteiger partial charge in [-0.15, -0.1) is 0 Å². The van der Waals surface area contributed by atoms with Gasteiger partial charge in [-0.1, -0.05) is 19.3 Å². The maximum Gasteiger partial charge on any atom is 1.00 e. The van der Waals surface area contributed by atoms with Crippen LogP contribution in [0.4, 0.5) is 0 Å². The zero-order chi connectivity index (χ0) is 8.69. The second-order valence-electron chi connectivity index (χ2n) is 2.78. The normalized spacial score (nSPS) is 16.8. The summed E-state index contributed by atoms with van der Waals surface area (Å²) in [6, 6.07) is 0. The molecule has 1 radical (unpaired) electrons. The van der Waals surface area contributed by atoms with Crippen LogP contribution >= 0.6 is 0 Å². The molecule has 0 bridgehead atoms. The Balaban J connectivity index is 0. The van der Waals surface area contributed by atoms with Gasteiger partial charge in [-0.25, -0.2) is 0 Å². The molecule has 12 heavy (non-hydrogen) atoms. The van der Waals surface area contributed by atoms with E-state index in [1.807, 2.05) is 0 Å². The molecule has 0 spiro atoms. The zero-order valence-electron chi connectivity index (χ0n) is 7.58. The van der Waals surface area contributed by atoms with E-state index in [9.17, 15) is 0 Å². The van der Waals surface area contributed by atoms with Crippen LogP contribution in [0.2, 0.25) is 0 Å². The van der Waals surface area contributed by atoms with Gasteiger partial charge in [0.2, 0.25) is 0 Å². The molecule has 1 fully saturated rings. The van der Waals surface area contributed by atoms with E-state index in [0.29, 0.717) is 0 Å². The fraction of sp³-hybridized carbons (Fsp3) is 0.875. The van der Waals surface area contributed by atoms with Crippen LogP contribution in [0.25, 0.3) is 0 Å². The third-order valence-electron chi connectivity index (χ3n) is 1.57. The number of carbonyl (C=O) groups is 1. The van der Waals surface area contributed by atoms with E-state index in [-0.39, 0.29) is 33.8 Å². The Kier molecular flexibility index (Phi) is 11.7. The number of carboxylic acids is 1. The predicted molar refractivity (Wildman–Crippen MR) is 39.8 cm³/mol. The van der Waals surface area contributed by atoms with Gasteiger partial charge in [-0.2, -0.15) is 0 Å². The molecule has 1 saturated carbocycles. The van der Waals surface area contributed by atoms with Gasteiger partial charge in [0.05, 0.1) is 6.10 Å². The first-order chi connectivity index (χ1) is 5.13. The van der Waals surface area contributed by atoms with Gasteiger partial charge >= 0.3 is 27.7 Å². The first-order valence-corrected chi connectivity index (χ1v) is 3.98. The van der Waals surface area contributed by atoms with Crippen molar-refractivity contribution < 1.29 is 42.7 Å². The van der Waals surface area contributed by atoms with Gasteiger partial charge < -0.3 is 15.0 Å². The second kappa shape index (κ2) is 9.45. The van der Waals surface area contributed by atoms with Crippen LogP contribution in [-0.4, -0.2) is 17.2 Å². The van der Waals surface area contributed by atoms with Crippen LogP contribution in [0.15, 0.2) is 0 Å². The van der Waals surface area contributed by atoms with Gasteiger partial charge in [-0.3, -0.25) is 0 Å². The standard InChI is InChI=1S/C6H12O.C2H4O2.Hg/c7-6-4-2-1-3-5-6;1-2(3)4;/h6-7H,1-5H2;1H3,(H,3,4);/q;;+1/p-1. The number of carboxylic acid groups (broad SMARTS) is 1. The monoisotopic (exact) mass is 361 g/mol. The summed E-state index contributed by atoms with van der Waals surface area (Å²) in [6.45, 7) is 0.972. The average Bonchev–Trinajstić information content (AvgIpc) is 1.87. The van der Waals surface area contributed by atoms with Gasteiger partial charge in [0.15, 0.2) is 0 Å². The summed E-state index contributed by atoms with van der Waals surface area (Å²) >= 11 is 0. The fourth-order valence-corrected chi connectivity index (χ4v) is 1.08. The van der Waals surface area contributed by atoms with Gasteiger partial charge in [0, 0.05) is 5.97 Å². The Bertz CT molecular complexity index is 107. The molecule has 1 aliphatic carbocycles. The molecule has 3 nitrogen and oxygen atoms in total. The second-order valence-corrected chi connectivity index (χ2v) is 2.78. The minimum atomic E-state index is -1.08. The molecule has 0 aliphatic heterocycles. The number of aliphatic hydroxyl groups excluding tert-OH is 1. The number of aliphatic carboxylic acids is 1. The van der Waals surface area contributed by atoms with Crippen molar-refractivity contribution in [3.63, 3.8) is 0 Å². The van der Waals surface area contributed by atoms with Gasteiger partial charge in [0.25, 0.3) is 0 Å². The molecular formula is C8H15HgO3. The summed E-state index contributed by atoms with van der Waals surface area (Å²) in [7, 11) is 0. The predicted octanol–water partition coefficient (Wildman–Crippen LogP) is 0.0651. The molecule has 0 unspecified atom stereocenters. The third-order valence-corrected chi connectivity index (χ3v) is 1.57. The molecule has 0 saturated heterocycles. The van der Waals surface area contributed by atoms with Crippen molar-refractivity contribution in [3.8, 4) is 0 Å². The van der Waals surface area contributed by atoms with Crippen LogP contribution in [0, 0.1) is 0 Å². The maximum absolute atomic E-state index is 8.91. The minimum absolute atomic E-state index is 0.